The van der Waals surface area contributed by atoms with E-state index in [1.54, 1.807) is 0 Å². The zero-order valence-electron chi connectivity index (χ0n) is 15.2. The topological polar surface area (TPSA) is 65.2 Å². The van der Waals surface area contributed by atoms with E-state index in [-0.39, 0.29) is 17.7 Å². The number of amides is 2. The number of para-hydroxylation sites is 1. The third-order valence-electron chi connectivity index (χ3n) is 5.65. The molecule has 0 atom stereocenters. The summed E-state index contributed by atoms with van der Waals surface area (Å²) in [6.45, 7) is 1.43. The molecule has 1 aromatic carbocycles. The molecule has 2 amide bonds. The van der Waals surface area contributed by atoms with Crippen LogP contribution in [0, 0.1) is 5.92 Å². The van der Waals surface area contributed by atoms with Crippen LogP contribution >= 0.6 is 0 Å². The summed E-state index contributed by atoms with van der Waals surface area (Å²) >= 11 is 0. The average molecular weight is 353 g/mol. The van der Waals surface area contributed by atoms with Gasteiger partial charge in [-0.15, -0.1) is 0 Å². The molecule has 1 aliphatic heterocycles. The normalized spacial score (nSPS) is 18.2. The molecule has 4 rings (SSSR count). The maximum atomic E-state index is 12.5. The number of likely N-dealkylation sites (tertiary alicyclic amines) is 1. The fourth-order valence-electron chi connectivity index (χ4n) is 3.86. The van der Waals surface area contributed by atoms with Crippen molar-refractivity contribution in [1.82, 2.24) is 15.2 Å². The van der Waals surface area contributed by atoms with Crippen molar-refractivity contribution >= 4 is 22.7 Å². The minimum absolute atomic E-state index is 0.0888. The summed E-state index contributed by atoms with van der Waals surface area (Å²) in [5.41, 5.74) is 2.43. The van der Waals surface area contributed by atoms with Crippen molar-refractivity contribution in [2.45, 2.75) is 51.0 Å². The number of nitrogens with zero attached hydrogens (tertiary/aromatic N) is 1. The lowest BCUT2D eigenvalue weighted by Crippen LogP contribution is -2.43. The molecule has 2 N–H and O–H groups in total. The van der Waals surface area contributed by atoms with Gasteiger partial charge in [-0.1, -0.05) is 18.2 Å². The number of fused-ring (bicyclic) bond motifs is 1. The number of benzene rings is 1. The van der Waals surface area contributed by atoms with Crippen LogP contribution in [0.15, 0.2) is 30.5 Å². The number of hydrogen-bond donors (Lipinski definition) is 2. The molecule has 1 aromatic heterocycles. The minimum atomic E-state index is 0.0888. The molecule has 5 heteroatoms. The van der Waals surface area contributed by atoms with Crippen LogP contribution in [-0.4, -0.2) is 40.8 Å². The van der Waals surface area contributed by atoms with E-state index < -0.39 is 0 Å². The van der Waals surface area contributed by atoms with Gasteiger partial charge in [-0.25, -0.2) is 0 Å². The van der Waals surface area contributed by atoms with Gasteiger partial charge in [0.15, 0.2) is 0 Å². The summed E-state index contributed by atoms with van der Waals surface area (Å²) in [7, 11) is 0. The summed E-state index contributed by atoms with van der Waals surface area (Å²) in [5, 5.41) is 4.34. The molecule has 5 nitrogen and oxygen atoms in total. The first-order valence-electron chi connectivity index (χ1n) is 9.84. The number of aryl methyl sites for hydroxylation is 1. The number of nitrogens with one attached hydrogen (secondary N) is 2. The number of carbonyl (C=O) groups excluding carboxylic acids is 2. The van der Waals surface area contributed by atoms with E-state index in [1.165, 1.54) is 10.9 Å². The summed E-state index contributed by atoms with van der Waals surface area (Å²) in [4.78, 5) is 29.8. The van der Waals surface area contributed by atoms with Gasteiger partial charge < -0.3 is 15.2 Å². The maximum absolute atomic E-state index is 12.5. The fourth-order valence-corrected chi connectivity index (χ4v) is 3.86. The quantitative estimate of drug-likeness (QED) is 0.838. The number of aromatic nitrogens is 1. The molecule has 0 radical (unpaired) electrons. The summed E-state index contributed by atoms with van der Waals surface area (Å²) in [6, 6.07) is 8.70. The second kappa shape index (κ2) is 7.52. The SMILES string of the molecule is O=C(NC1CC1)C1CCN(C(=O)CCCc2c[nH]c3ccccc23)CC1. The molecule has 138 valence electrons. The molecule has 0 spiro atoms. The van der Waals surface area contributed by atoms with Gasteiger partial charge in [0.25, 0.3) is 0 Å². The van der Waals surface area contributed by atoms with Gasteiger partial charge >= 0.3 is 0 Å². The monoisotopic (exact) mass is 353 g/mol. The van der Waals surface area contributed by atoms with Crippen LogP contribution in [0.4, 0.5) is 0 Å². The Hall–Kier alpha value is -2.30. The van der Waals surface area contributed by atoms with Crippen LogP contribution in [-0.2, 0) is 16.0 Å². The van der Waals surface area contributed by atoms with Gasteiger partial charge in [-0.2, -0.15) is 0 Å². The second-order valence-electron chi connectivity index (χ2n) is 7.65. The van der Waals surface area contributed by atoms with Crippen LogP contribution in [0.5, 0.6) is 0 Å². The lowest BCUT2D eigenvalue weighted by molar-refractivity contribution is -0.135. The van der Waals surface area contributed by atoms with E-state index in [4.69, 9.17) is 0 Å². The van der Waals surface area contributed by atoms with Crippen LogP contribution in [0.2, 0.25) is 0 Å². The summed E-state index contributed by atoms with van der Waals surface area (Å²) < 4.78 is 0. The number of rotatable bonds is 6. The molecule has 0 bridgehead atoms. The smallest absolute Gasteiger partial charge is 0.223 e. The van der Waals surface area contributed by atoms with E-state index >= 15 is 0 Å². The Bertz CT molecular complexity index is 785. The van der Waals surface area contributed by atoms with Gasteiger partial charge in [-0.3, -0.25) is 9.59 Å². The van der Waals surface area contributed by atoms with Gasteiger partial charge in [-0.05, 0) is 50.2 Å². The van der Waals surface area contributed by atoms with Crippen LogP contribution in [0.3, 0.4) is 0 Å². The highest BCUT2D eigenvalue weighted by Gasteiger charge is 2.30. The lowest BCUT2D eigenvalue weighted by Gasteiger charge is -2.31. The van der Waals surface area contributed by atoms with Crippen LogP contribution < -0.4 is 5.32 Å². The molecular weight excluding hydrogens is 326 g/mol. The van der Waals surface area contributed by atoms with Crippen molar-refractivity contribution in [2.24, 2.45) is 5.92 Å². The van der Waals surface area contributed by atoms with Crippen molar-refractivity contribution < 1.29 is 9.59 Å². The van der Waals surface area contributed by atoms with Crippen LogP contribution in [0.1, 0.15) is 44.1 Å². The van der Waals surface area contributed by atoms with E-state index in [2.05, 4.69) is 28.6 Å². The molecule has 1 aliphatic carbocycles. The molecule has 0 unspecified atom stereocenters. The predicted octanol–water partition coefficient (Wildman–Crippen LogP) is 3.01. The molecule has 1 saturated carbocycles. The second-order valence-corrected chi connectivity index (χ2v) is 7.65. The van der Waals surface area contributed by atoms with Crippen molar-refractivity contribution in [2.75, 3.05) is 13.1 Å². The Kier molecular flexibility index (Phi) is 4.96. The summed E-state index contributed by atoms with van der Waals surface area (Å²) in [5.74, 6) is 0.510. The highest BCUT2D eigenvalue weighted by atomic mass is 16.2. The lowest BCUT2D eigenvalue weighted by atomic mass is 9.95. The summed E-state index contributed by atoms with van der Waals surface area (Å²) in [6.07, 6.45) is 8.26. The molecular formula is C21H27N3O2. The fraction of sp³-hybridized carbons (Fsp3) is 0.524. The van der Waals surface area contributed by atoms with Crippen molar-refractivity contribution in [1.29, 1.82) is 0 Å². The van der Waals surface area contributed by atoms with E-state index in [1.807, 2.05) is 17.0 Å². The highest BCUT2D eigenvalue weighted by molar-refractivity contribution is 5.83. The van der Waals surface area contributed by atoms with E-state index in [0.29, 0.717) is 25.6 Å². The molecule has 2 fully saturated rings. The number of H-pyrrole nitrogens is 1. The number of carbonyl (C=O) groups is 2. The van der Waals surface area contributed by atoms with E-state index in [9.17, 15) is 9.59 Å². The van der Waals surface area contributed by atoms with Gasteiger partial charge in [0, 0.05) is 48.6 Å². The van der Waals surface area contributed by atoms with Crippen LogP contribution in [0.25, 0.3) is 10.9 Å². The third kappa shape index (κ3) is 3.92. The number of piperidine rings is 1. The van der Waals surface area contributed by atoms with Gasteiger partial charge in [0.05, 0.1) is 0 Å². The Morgan fingerprint density at radius 2 is 1.88 bits per heavy atom. The Morgan fingerprint density at radius 1 is 1.12 bits per heavy atom. The van der Waals surface area contributed by atoms with Crippen molar-refractivity contribution in [3.05, 3.63) is 36.0 Å². The average Bonchev–Trinajstić information content (AvgIpc) is 3.39. The first kappa shape index (κ1) is 17.1. The number of aromatic amines is 1. The molecule has 2 heterocycles. The standard InChI is InChI=1S/C21H27N3O2/c25-20(7-3-4-16-14-22-19-6-2-1-5-18(16)19)24-12-10-15(11-13-24)21(26)23-17-8-9-17/h1-2,5-6,14-15,17,22H,3-4,7-13H2,(H,23,26). The maximum Gasteiger partial charge on any atom is 0.223 e. The first-order valence-corrected chi connectivity index (χ1v) is 9.84. The van der Waals surface area contributed by atoms with E-state index in [0.717, 1.165) is 44.0 Å². The molecule has 2 aromatic rings. The highest BCUT2D eigenvalue weighted by Crippen LogP contribution is 2.23. The minimum Gasteiger partial charge on any atom is -0.361 e. The molecule has 1 saturated heterocycles. The Balaban J connectivity index is 1.21. The zero-order valence-corrected chi connectivity index (χ0v) is 15.2. The molecule has 2 aliphatic rings. The Morgan fingerprint density at radius 3 is 2.65 bits per heavy atom. The molecule has 26 heavy (non-hydrogen) atoms. The van der Waals surface area contributed by atoms with Gasteiger partial charge in [0.1, 0.15) is 0 Å². The number of hydrogen-bond acceptors (Lipinski definition) is 2. The van der Waals surface area contributed by atoms with Gasteiger partial charge in [0.2, 0.25) is 11.8 Å². The van der Waals surface area contributed by atoms with Crippen molar-refractivity contribution in [3.63, 3.8) is 0 Å². The predicted molar refractivity (Wildman–Crippen MR) is 102 cm³/mol. The zero-order chi connectivity index (χ0) is 17.9. The largest absolute Gasteiger partial charge is 0.361 e. The Labute approximate surface area is 154 Å². The van der Waals surface area contributed by atoms with Crippen molar-refractivity contribution in [3.8, 4) is 0 Å². The first-order chi connectivity index (χ1) is 12.7. The third-order valence-corrected chi connectivity index (χ3v) is 5.65.